The van der Waals surface area contributed by atoms with E-state index in [1.165, 1.54) is 31.5 Å². The van der Waals surface area contributed by atoms with Gasteiger partial charge in [-0.15, -0.1) is 0 Å². The molecular weight excluding hydrogens is 196 g/mol. The molecule has 1 aliphatic heterocycles. The van der Waals surface area contributed by atoms with Crippen molar-refractivity contribution < 1.29 is 0 Å². The highest BCUT2D eigenvalue weighted by Gasteiger charge is 2.16. The second-order valence-corrected chi connectivity index (χ2v) is 4.75. The van der Waals surface area contributed by atoms with Crippen molar-refractivity contribution in [3.05, 3.63) is 35.4 Å². The number of piperidine rings is 1. The van der Waals surface area contributed by atoms with Crippen LogP contribution in [0.5, 0.6) is 0 Å². The maximum Gasteiger partial charge on any atom is 0.0995 e. The molecule has 0 unspecified atom stereocenters. The van der Waals surface area contributed by atoms with E-state index in [0.717, 1.165) is 18.0 Å². The van der Waals surface area contributed by atoms with Crippen LogP contribution < -0.4 is 0 Å². The summed E-state index contributed by atoms with van der Waals surface area (Å²) in [7, 11) is 0. The summed E-state index contributed by atoms with van der Waals surface area (Å²) in [5.41, 5.74) is 1.99. The van der Waals surface area contributed by atoms with Crippen LogP contribution in [0.15, 0.2) is 24.3 Å². The Hall–Kier alpha value is -1.33. The summed E-state index contributed by atoms with van der Waals surface area (Å²) in [5.74, 6) is 0.794. The van der Waals surface area contributed by atoms with Crippen molar-refractivity contribution in [2.45, 2.75) is 26.3 Å². The van der Waals surface area contributed by atoms with E-state index in [1.54, 1.807) is 0 Å². The van der Waals surface area contributed by atoms with Gasteiger partial charge >= 0.3 is 0 Å². The molecule has 0 spiro atoms. The second-order valence-electron chi connectivity index (χ2n) is 4.75. The number of nitriles is 1. The Morgan fingerprint density at radius 2 is 2.25 bits per heavy atom. The maximum absolute atomic E-state index is 9.03. The summed E-state index contributed by atoms with van der Waals surface area (Å²) in [4.78, 5) is 2.46. The van der Waals surface area contributed by atoms with Gasteiger partial charge < -0.3 is 0 Å². The van der Waals surface area contributed by atoms with E-state index in [9.17, 15) is 0 Å². The van der Waals surface area contributed by atoms with Crippen LogP contribution in [0, 0.1) is 17.2 Å². The lowest BCUT2D eigenvalue weighted by Gasteiger charge is -2.31. The lowest BCUT2D eigenvalue weighted by atomic mass is 9.99. The van der Waals surface area contributed by atoms with Gasteiger partial charge in [-0.05, 0) is 36.9 Å². The molecule has 16 heavy (non-hydrogen) atoms. The summed E-state index contributed by atoms with van der Waals surface area (Å²) in [5, 5.41) is 9.03. The minimum Gasteiger partial charge on any atom is -0.299 e. The molecule has 0 amide bonds. The summed E-state index contributed by atoms with van der Waals surface area (Å²) < 4.78 is 0. The van der Waals surface area contributed by atoms with Crippen molar-refractivity contribution in [3.63, 3.8) is 0 Å². The van der Waals surface area contributed by atoms with Crippen molar-refractivity contribution in [3.8, 4) is 6.07 Å². The smallest absolute Gasteiger partial charge is 0.0995 e. The molecule has 2 heteroatoms. The van der Waals surface area contributed by atoms with Gasteiger partial charge in [0.15, 0.2) is 0 Å². The Morgan fingerprint density at radius 1 is 1.44 bits per heavy atom. The fourth-order valence-electron chi connectivity index (χ4n) is 2.44. The maximum atomic E-state index is 9.03. The molecule has 1 aromatic rings. The fourth-order valence-corrected chi connectivity index (χ4v) is 2.44. The molecular formula is C14H18N2. The van der Waals surface area contributed by atoms with Gasteiger partial charge in [0, 0.05) is 13.1 Å². The number of hydrogen-bond donors (Lipinski definition) is 0. The predicted molar refractivity (Wildman–Crippen MR) is 64.8 cm³/mol. The van der Waals surface area contributed by atoms with E-state index < -0.39 is 0 Å². The second kappa shape index (κ2) is 5.14. The lowest BCUT2D eigenvalue weighted by Crippen LogP contribution is -2.33. The third-order valence-electron chi connectivity index (χ3n) is 3.27. The molecule has 1 heterocycles. The molecule has 84 valence electrons. The first-order valence-corrected chi connectivity index (χ1v) is 6.00. The molecule has 1 atom stereocenters. The highest BCUT2D eigenvalue weighted by molar-refractivity contribution is 5.37. The molecule has 1 aliphatic rings. The van der Waals surface area contributed by atoms with Crippen LogP contribution in [0.25, 0.3) is 0 Å². The minimum atomic E-state index is 0.794. The normalized spacial score (nSPS) is 21.6. The first-order chi connectivity index (χ1) is 7.79. The molecule has 0 saturated carbocycles. The Morgan fingerprint density at radius 3 is 3.00 bits per heavy atom. The number of nitrogens with zero attached hydrogens (tertiary/aromatic N) is 2. The monoisotopic (exact) mass is 214 g/mol. The number of hydrogen-bond acceptors (Lipinski definition) is 2. The molecule has 0 radical (unpaired) electrons. The Labute approximate surface area is 97.5 Å². The number of rotatable bonds is 2. The molecule has 0 aliphatic carbocycles. The van der Waals surface area contributed by atoms with Crippen LogP contribution in [0.4, 0.5) is 0 Å². The van der Waals surface area contributed by atoms with E-state index in [4.69, 9.17) is 5.26 Å². The summed E-state index contributed by atoms with van der Waals surface area (Å²) in [6, 6.07) is 10.2. The van der Waals surface area contributed by atoms with Crippen LogP contribution >= 0.6 is 0 Å². The summed E-state index contributed by atoms with van der Waals surface area (Å²) in [6.07, 6.45) is 2.63. The molecule has 1 saturated heterocycles. The zero-order valence-corrected chi connectivity index (χ0v) is 9.82. The largest absolute Gasteiger partial charge is 0.299 e. The first kappa shape index (κ1) is 11.2. The molecule has 1 fully saturated rings. The lowest BCUT2D eigenvalue weighted by molar-refractivity contribution is 0.176. The van der Waals surface area contributed by atoms with Gasteiger partial charge in [-0.2, -0.15) is 5.26 Å². The number of benzene rings is 1. The van der Waals surface area contributed by atoms with E-state index in [1.807, 2.05) is 18.2 Å². The molecule has 1 aromatic carbocycles. The minimum absolute atomic E-state index is 0.794. The highest BCUT2D eigenvalue weighted by Crippen LogP contribution is 2.19. The zero-order chi connectivity index (χ0) is 11.4. The van der Waals surface area contributed by atoms with Crippen LogP contribution in [0.2, 0.25) is 0 Å². The fraction of sp³-hybridized carbons (Fsp3) is 0.500. The van der Waals surface area contributed by atoms with E-state index in [0.29, 0.717) is 0 Å². The Balaban J connectivity index is 2.06. The van der Waals surface area contributed by atoms with Crippen molar-refractivity contribution in [1.82, 2.24) is 4.90 Å². The Kier molecular flexibility index (Phi) is 3.58. The van der Waals surface area contributed by atoms with Gasteiger partial charge in [0.2, 0.25) is 0 Å². The highest BCUT2D eigenvalue weighted by atomic mass is 15.1. The molecule has 2 rings (SSSR count). The van der Waals surface area contributed by atoms with E-state index in [2.05, 4.69) is 24.0 Å². The first-order valence-electron chi connectivity index (χ1n) is 6.00. The average Bonchev–Trinajstić information content (AvgIpc) is 2.30. The van der Waals surface area contributed by atoms with Gasteiger partial charge in [-0.1, -0.05) is 25.1 Å². The standard InChI is InChI=1S/C14H18N2/c1-12-5-4-8-16(10-12)11-14-7-3-2-6-13(14)9-15/h2-3,6-7,12H,4-5,8,10-11H2,1H3/t12-/m0/s1. The predicted octanol–water partition coefficient (Wildman–Crippen LogP) is 2.79. The topological polar surface area (TPSA) is 27.0 Å². The molecule has 0 bridgehead atoms. The van der Waals surface area contributed by atoms with Crippen LogP contribution in [0.3, 0.4) is 0 Å². The third kappa shape index (κ3) is 2.62. The van der Waals surface area contributed by atoms with Gasteiger partial charge in [0.05, 0.1) is 11.6 Å². The molecule has 2 nitrogen and oxygen atoms in total. The van der Waals surface area contributed by atoms with E-state index >= 15 is 0 Å². The van der Waals surface area contributed by atoms with Crippen molar-refractivity contribution in [2.75, 3.05) is 13.1 Å². The van der Waals surface area contributed by atoms with Gasteiger partial charge in [-0.25, -0.2) is 0 Å². The number of likely N-dealkylation sites (tertiary alicyclic amines) is 1. The Bertz CT molecular complexity index is 392. The van der Waals surface area contributed by atoms with Crippen LogP contribution in [0.1, 0.15) is 30.9 Å². The quantitative estimate of drug-likeness (QED) is 0.757. The van der Waals surface area contributed by atoms with Gasteiger partial charge in [-0.3, -0.25) is 4.90 Å². The molecule has 0 aromatic heterocycles. The van der Waals surface area contributed by atoms with Crippen LogP contribution in [-0.4, -0.2) is 18.0 Å². The van der Waals surface area contributed by atoms with Gasteiger partial charge in [0.1, 0.15) is 0 Å². The SMILES string of the molecule is C[C@H]1CCCN(Cc2ccccc2C#N)C1. The van der Waals surface area contributed by atoms with Crippen LogP contribution in [-0.2, 0) is 6.54 Å². The van der Waals surface area contributed by atoms with Crippen molar-refractivity contribution in [1.29, 1.82) is 5.26 Å². The van der Waals surface area contributed by atoms with Gasteiger partial charge in [0.25, 0.3) is 0 Å². The zero-order valence-electron chi connectivity index (χ0n) is 9.82. The van der Waals surface area contributed by atoms with Crippen molar-refractivity contribution in [2.24, 2.45) is 5.92 Å². The average molecular weight is 214 g/mol. The summed E-state index contributed by atoms with van der Waals surface area (Å²) >= 11 is 0. The summed E-state index contributed by atoms with van der Waals surface area (Å²) in [6.45, 7) is 5.57. The third-order valence-corrected chi connectivity index (χ3v) is 3.27. The van der Waals surface area contributed by atoms with Crippen molar-refractivity contribution >= 4 is 0 Å². The molecule has 0 N–H and O–H groups in total. The van der Waals surface area contributed by atoms with E-state index in [-0.39, 0.29) is 0 Å².